The van der Waals surface area contributed by atoms with Crippen LogP contribution in [0.25, 0.3) is 0 Å². The molecule has 2 aromatic rings. The topological polar surface area (TPSA) is 78.7 Å². The van der Waals surface area contributed by atoms with Gasteiger partial charge in [0.1, 0.15) is 5.69 Å². The second kappa shape index (κ2) is 8.49. The largest absolute Gasteiger partial charge is 0.366 e. The van der Waals surface area contributed by atoms with E-state index in [-0.39, 0.29) is 17.6 Å². The Morgan fingerprint density at radius 3 is 2.67 bits per heavy atom. The van der Waals surface area contributed by atoms with Crippen LogP contribution in [0.3, 0.4) is 0 Å². The normalized spacial score (nSPS) is 15.1. The zero-order valence-corrected chi connectivity index (χ0v) is 16.4. The van der Waals surface area contributed by atoms with Gasteiger partial charge in [-0.3, -0.25) is 14.9 Å². The van der Waals surface area contributed by atoms with E-state index in [2.05, 4.69) is 5.32 Å². The van der Waals surface area contributed by atoms with Gasteiger partial charge in [0.05, 0.1) is 11.0 Å². The van der Waals surface area contributed by atoms with Crippen LogP contribution in [-0.4, -0.2) is 49.5 Å². The van der Waals surface area contributed by atoms with Crippen LogP contribution in [0.2, 0.25) is 0 Å². The Morgan fingerprint density at radius 1 is 1.33 bits per heavy atom. The molecule has 1 aromatic heterocycles. The first kappa shape index (κ1) is 19.3. The number of anilines is 1. The Kier molecular flexibility index (Phi) is 6.08. The van der Waals surface area contributed by atoms with E-state index in [1.54, 1.807) is 23.5 Å². The molecule has 144 valence electrons. The van der Waals surface area contributed by atoms with Gasteiger partial charge in [0.25, 0.3) is 11.6 Å². The first-order valence-corrected chi connectivity index (χ1v) is 9.86. The molecule has 0 radical (unpaired) electrons. The van der Waals surface area contributed by atoms with Crippen molar-refractivity contribution in [3.63, 3.8) is 0 Å². The second-order valence-corrected chi connectivity index (χ2v) is 7.84. The smallest absolute Gasteiger partial charge is 0.293 e. The Hall–Kier alpha value is -2.45. The number of hydrogen-bond acceptors (Lipinski definition) is 6. The van der Waals surface area contributed by atoms with Gasteiger partial charge >= 0.3 is 0 Å². The van der Waals surface area contributed by atoms with Crippen LogP contribution in [-0.2, 0) is 0 Å². The third kappa shape index (κ3) is 4.45. The average Bonchev–Trinajstić information content (AvgIpc) is 3.35. The van der Waals surface area contributed by atoms with Gasteiger partial charge in [0.15, 0.2) is 0 Å². The number of nitrogens with one attached hydrogen (secondary N) is 1. The monoisotopic (exact) mass is 388 g/mol. The van der Waals surface area contributed by atoms with Crippen LogP contribution in [0.5, 0.6) is 0 Å². The van der Waals surface area contributed by atoms with Crippen molar-refractivity contribution < 1.29 is 9.72 Å². The lowest BCUT2D eigenvalue weighted by molar-refractivity contribution is -0.384. The Balaban J connectivity index is 1.74. The fourth-order valence-electron chi connectivity index (χ4n) is 3.35. The highest BCUT2D eigenvalue weighted by Gasteiger charge is 2.24. The van der Waals surface area contributed by atoms with E-state index < -0.39 is 4.92 Å². The summed E-state index contributed by atoms with van der Waals surface area (Å²) in [5.41, 5.74) is 0.902. The number of nitro benzene ring substituents is 1. The number of carbonyl (C=O) groups is 1. The third-order valence-electron chi connectivity index (χ3n) is 4.83. The summed E-state index contributed by atoms with van der Waals surface area (Å²) in [6.45, 7) is 2.07. The number of thiophene rings is 1. The zero-order valence-electron chi connectivity index (χ0n) is 15.6. The molecule has 1 saturated heterocycles. The lowest BCUT2D eigenvalue weighted by Crippen LogP contribution is -2.34. The molecule has 2 heterocycles. The van der Waals surface area contributed by atoms with Crippen molar-refractivity contribution in [2.24, 2.45) is 0 Å². The highest BCUT2D eigenvalue weighted by atomic mass is 32.1. The van der Waals surface area contributed by atoms with Gasteiger partial charge in [-0.05, 0) is 50.5 Å². The van der Waals surface area contributed by atoms with E-state index in [0.29, 0.717) is 17.8 Å². The molecule has 1 fully saturated rings. The number of amides is 1. The number of hydrogen-bond donors (Lipinski definition) is 1. The van der Waals surface area contributed by atoms with Crippen molar-refractivity contribution in [2.45, 2.75) is 18.9 Å². The molecule has 1 aromatic carbocycles. The maximum atomic E-state index is 12.6. The lowest BCUT2D eigenvalue weighted by Gasteiger charge is -2.23. The van der Waals surface area contributed by atoms with E-state index in [1.807, 2.05) is 41.4 Å². The minimum atomic E-state index is -0.404. The van der Waals surface area contributed by atoms with E-state index in [4.69, 9.17) is 0 Å². The van der Waals surface area contributed by atoms with Crippen LogP contribution in [0, 0.1) is 10.1 Å². The van der Waals surface area contributed by atoms with Gasteiger partial charge in [-0.1, -0.05) is 6.07 Å². The summed E-state index contributed by atoms with van der Waals surface area (Å²) in [6.07, 6.45) is 2.07. The van der Waals surface area contributed by atoms with Crippen molar-refractivity contribution in [2.75, 3.05) is 38.6 Å². The highest BCUT2D eigenvalue weighted by molar-refractivity contribution is 7.10. The van der Waals surface area contributed by atoms with Gasteiger partial charge in [-0.2, -0.15) is 0 Å². The molecule has 0 aliphatic carbocycles. The van der Waals surface area contributed by atoms with Crippen LogP contribution >= 0.6 is 11.3 Å². The van der Waals surface area contributed by atoms with Crippen LogP contribution < -0.4 is 10.2 Å². The number of rotatable bonds is 7. The van der Waals surface area contributed by atoms with Crippen LogP contribution in [0.1, 0.15) is 34.1 Å². The molecule has 0 saturated carbocycles. The number of nitro groups is 1. The zero-order chi connectivity index (χ0) is 19.4. The SMILES string of the molecule is CN(C)[C@@H](CNC(=O)c1ccc(N2CCCC2)c([N+](=O)[O-])c1)c1cccs1. The van der Waals surface area contributed by atoms with Crippen molar-refractivity contribution in [1.29, 1.82) is 0 Å². The van der Waals surface area contributed by atoms with Gasteiger partial charge < -0.3 is 15.1 Å². The molecule has 1 amide bonds. The molecule has 1 aliphatic heterocycles. The molecule has 0 unspecified atom stereocenters. The first-order valence-electron chi connectivity index (χ1n) is 8.99. The van der Waals surface area contributed by atoms with Gasteiger partial charge in [-0.15, -0.1) is 11.3 Å². The predicted molar refractivity (Wildman–Crippen MR) is 108 cm³/mol. The van der Waals surface area contributed by atoms with Crippen molar-refractivity contribution in [1.82, 2.24) is 10.2 Å². The molecular formula is C19H24N4O3S. The Labute approximate surface area is 162 Å². The standard InChI is InChI=1S/C19H24N4O3S/c1-21(2)17(18-6-5-11-27-18)13-20-19(24)14-7-8-15(16(12-14)23(25)26)22-9-3-4-10-22/h5-8,11-12,17H,3-4,9-10,13H2,1-2H3,(H,20,24)/t17-/m0/s1. The molecule has 3 rings (SSSR count). The van der Waals surface area contributed by atoms with E-state index in [1.165, 1.54) is 6.07 Å². The van der Waals surface area contributed by atoms with Crippen LogP contribution in [0.15, 0.2) is 35.7 Å². The first-order chi connectivity index (χ1) is 13.0. The van der Waals surface area contributed by atoms with Crippen molar-refractivity contribution in [3.8, 4) is 0 Å². The minimum absolute atomic E-state index is 0.00744. The number of carbonyl (C=O) groups excluding carboxylic acids is 1. The molecule has 0 spiro atoms. The Morgan fingerprint density at radius 2 is 2.07 bits per heavy atom. The second-order valence-electron chi connectivity index (χ2n) is 6.86. The summed E-state index contributed by atoms with van der Waals surface area (Å²) >= 11 is 1.64. The fourth-order valence-corrected chi connectivity index (χ4v) is 4.27. The molecule has 1 aliphatic rings. The molecular weight excluding hydrogens is 364 g/mol. The maximum Gasteiger partial charge on any atom is 0.293 e. The van der Waals surface area contributed by atoms with E-state index in [9.17, 15) is 14.9 Å². The molecule has 7 nitrogen and oxygen atoms in total. The summed E-state index contributed by atoms with van der Waals surface area (Å²) in [5.74, 6) is -0.297. The minimum Gasteiger partial charge on any atom is -0.366 e. The summed E-state index contributed by atoms with van der Waals surface area (Å²) in [4.78, 5) is 28.9. The van der Waals surface area contributed by atoms with Gasteiger partial charge in [0, 0.05) is 36.1 Å². The highest BCUT2D eigenvalue weighted by Crippen LogP contribution is 2.31. The average molecular weight is 388 g/mol. The molecule has 27 heavy (non-hydrogen) atoms. The molecule has 0 bridgehead atoms. The molecule has 1 N–H and O–H groups in total. The lowest BCUT2D eigenvalue weighted by atomic mass is 10.1. The summed E-state index contributed by atoms with van der Waals surface area (Å²) in [6, 6.07) is 8.84. The molecule has 1 atom stereocenters. The van der Waals surface area contributed by atoms with Crippen LogP contribution in [0.4, 0.5) is 11.4 Å². The van der Waals surface area contributed by atoms with Gasteiger partial charge in [0.2, 0.25) is 0 Å². The number of benzene rings is 1. The number of likely N-dealkylation sites (N-methyl/N-ethyl adjacent to an activating group) is 1. The fraction of sp³-hybridized carbons (Fsp3) is 0.421. The van der Waals surface area contributed by atoms with Crippen molar-refractivity contribution in [3.05, 3.63) is 56.3 Å². The summed E-state index contributed by atoms with van der Waals surface area (Å²) in [7, 11) is 3.93. The summed E-state index contributed by atoms with van der Waals surface area (Å²) in [5, 5.41) is 16.4. The summed E-state index contributed by atoms with van der Waals surface area (Å²) < 4.78 is 0. The molecule has 8 heteroatoms. The van der Waals surface area contributed by atoms with Crippen molar-refractivity contribution >= 4 is 28.6 Å². The predicted octanol–water partition coefficient (Wildman–Crippen LogP) is 3.29. The van der Waals surface area contributed by atoms with Gasteiger partial charge in [-0.25, -0.2) is 0 Å². The van der Waals surface area contributed by atoms with E-state index >= 15 is 0 Å². The van der Waals surface area contributed by atoms with E-state index in [0.717, 1.165) is 30.8 Å². The Bertz CT molecular complexity index is 801. The maximum absolute atomic E-state index is 12.6. The third-order valence-corrected chi connectivity index (χ3v) is 5.81. The number of nitrogens with zero attached hydrogens (tertiary/aromatic N) is 3. The quantitative estimate of drug-likeness (QED) is 0.582.